The van der Waals surface area contributed by atoms with Crippen molar-refractivity contribution < 1.29 is 33.7 Å². The van der Waals surface area contributed by atoms with Gasteiger partial charge in [0.15, 0.2) is 18.5 Å². The minimum absolute atomic E-state index is 0.0591. The fraction of sp³-hybridized carbons (Fsp3) is 0.727. The van der Waals surface area contributed by atoms with Gasteiger partial charge in [-0.05, 0) is 0 Å². The zero-order chi connectivity index (χ0) is 14.6. The number of hydrogen-bond donors (Lipinski definition) is 2. The number of rotatable bonds is 3. The molecule has 1 heterocycles. The molecule has 4 atom stereocenters. The van der Waals surface area contributed by atoms with Crippen LogP contribution < -0.4 is 5.32 Å². The predicted molar refractivity (Wildman–Crippen MR) is 60.7 cm³/mol. The molecule has 1 aliphatic heterocycles. The van der Waals surface area contributed by atoms with Gasteiger partial charge in [-0.25, -0.2) is 0 Å². The van der Waals surface area contributed by atoms with Crippen molar-refractivity contribution in [3.05, 3.63) is 0 Å². The zero-order valence-corrected chi connectivity index (χ0v) is 10.9. The molecule has 1 fully saturated rings. The Labute approximate surface area is 110 Å². The first kappa shape index (κ1) is 15.4. The van der Waals surface area contributed by atoms with E-state index < -0.39 is 36.5 Å². The highest BCUT2D eigenvalue weighted by Crippen LogP contribution is 2.20. The standard InChI is InChI=1S/C11H17NO7/c1-5(13)12-8-4-17-11(16)10(19-7(3)15)9(8)18-6(2)14/h8-11,16H,4H2,1-3H3,(H,12,13)/t8-,9-,10-,11+/m1/s1. The molecule has 1 amide bonds. The second kappa shape index (κ2) is 6.48. The molecule has 8 nitrogen and oxygen atoms in total. The molecule has 1 saturated heterocycles. The highest BCUT2D eigenvalue weighted by atomic mass is 16.7. The fourth-order valence-corrected chi connectivity index (χ4v) is 1.83. The topological polar surface area (TPSA) is 111 Å². The van der Waals surface area contributed by atoms with E-state index in [4.69, 9.17) is 14.2 Å². The van der Waals surface area contributed by atoms with Gasteiger partial charge in [-0.2, -0.15) is 0 Å². The molecule has 0 aliphatic carbocycles. The molecule has 0 aromatic rings. The van der Waals surface area contributed by atoms with Crippen molar-refractivity contribution in [3.8, 4) is 0 Å². The molecule has 0 aromatic heterocycles. The van der Waals surface area contributed by atoms with Gasteiger partial charge in [-0.15, -0.1) is 0 Å². The fourth-order valence-electron chi connectivity index (χ4n) is 1.83. The Morgan fingerprint density at radius 3 is 2.11 bits per heavy atom. The van der Waals surface area contributed by atoms with Crippen LogP contribution in [0.25, 0.3) is 0 Å². The summed E-state index contributed by atoms with van der Waals surface area (Å²) in [7, 11) is 0. The van der Waals surface area contributed by atoms with Crippen molar-refractivity contribution in [2.75, 3.05) is 6.61 Å². The number of amides is 1. The second-order valence-corrected chi connectivity index (χ2v) is 4.18. The van der Waals surface area contributed by atoms with Crippen LogP contribution >= 0.6 is 0 Å². The van der Waals surface area contributed by atoms with Gasteiger partial charge in [0.25, 0.3) is 0 Å². The summed E-state index contributed by atoms with van der Waals surface area (Å²) in [6, 6.07) is -0.700. The Morgan fingerprint density at radius 2 is 1.63 bits per heavy atom. The summed E-state index contributed by atoms with van der Waals surface area (Å²) in [6.45, 7) is 3.56. The van der Waals surface area contributed by atoms with Crippen LogP contribution in [0.5, 0.6) is 0 Å². The first-order chi connectivity index (χ1) is 8.81. The minimum atomic E-state index is -1.42. The summed E-state index contributed by atoms with van der Waals surface area (Å²) in [5.41, 5.74) is 0. The molecule has 19 heavy (non-hydrogen) atoms. The lowest BCUT2D eigenvalue weighted by Gasteiger charge is -2.39. The van der Waals surface area contributed by atoms with Gasteiger partial charge < -0.3 is 24.6 Å². The van der Waals surface area contributed by atoms with Crippen molar-refractivity contribution >= 4 is 17.8 Å². The number of aliphatic hydroxyl groups is 1. The Hall–Kier alpha value is -1.67. The van der Waals surface area contributed by atoms with Crippen LogP contribution in [-0.2, 0) is 28.6 Å². The Balaban J connectivity index is 2.89. The van der Waals surface area contributed by atoms with Crippen LogP contribution in [0.1, 0.15) is 20.8 Å². The van der Waals surface area contributed by atoms with E-state index >= 15 is 0 Å². The average molecular weight is 275 g/mol. The monoisotopic (exact) mass is 275 g/mol. The van der Waals surface area contributed by atoms with Crippen LogP contribution in [0, 0.1) is 0 Å². The molecular formula is C11H17NO7. The summed E-state index contributed by atoms with van der Waals surface area (Å²) in [5, 5.41) is 12.2. The number of hydrogen-bond acceptors (Lipinski definition) is 7. The lowest BCUT2D eigenvalue weighted by Crippen LogP contribution is -2.61. The van der Waals surface area contributed by atoms with Gasteiger partial charge >= 0.3 is 11.9 Å². The highest BCUT2D eigenvalue weighted by molar-refractivity contribution is 5.73. The van der Waals surface area contributed by atoms with E-state index in [9.17, 15) is 19.5 Å². The van der Waals surface area contributed by atoms with Crippen molar-refractivity contribution in [2.24, 2.45) is 0 Å². The van der Waals surface area contributed by atoms with E-state index in [1.807, 2.05) is 0 Å². The normalized spacial score (nSPS) is 30.3. The van der Waals surface area contributed by atoms with E-state index in [1.54, 1.807) is 0 Å². The second-order valence-electron chi connectivity index (χ2n) is 4.18. The maximum absolute atomic E-state index is 11.1. The molecule has 0 bridgehead atoms. The number of carbonyl (C=O) groups excluding carboxylic acids is 3. The molecular weight excluding hydrogens is 258 g/mol. The average Bonchev–Trinajstić information content (AvgIpc) is 2.25. The van der Waals surface area contributed by atoms with Gasteiger partial charge in [0.2, 0.25) is 5.91 Å². The van der Waals surface area contributed by atoms with E-state index in [0.29, 0.717) is 0 Å². The molecule has 1 aliphatic rings. The van der Waals surface area contributed by atoms with E-state index in [1.165, 1.54) is 13.8 Å². The van der Waals surface area contributed by atoms with Gasteiger partial charge in [-0.1, -0.05) is 0 Å². The zero-order valence-electron chi connectivity index (χ0n) is 10.9. The molecule has 1 rings (SSSR count). The highest BCUT2D eigenvalue weighted by Gasteiger charge is 2.44. The number of ether oxygens (including phenoxy) is 3. The summed E-state index contributed by atoms with van der Waals surface area (Å²) in [5.74, 6) is -1.64. The molecule has 108 valence electrons. The Bertz CT molecular complexity index is 370. The molecule has 0 radical (unpaired) electrons. The maximum Gasteiger partial charge on any atom is 0.303 e. The van der Waals surface area contributed by atoms with Gasteiger partial charge in [0.05, 0.1) is 12.6 Å². The van der Waals surface area contributed by atoms with Crippen molar-refractivity contribution in [3.63, 3.8) is 0 Å². The van der Waals surface area contributed by atoms with E-state index in [2.05, 4.69) is 5.32 Å². The molecule has 2 N–H and O–H groups in total. The third-order valence-electron chi connectivity index (χ3n) is 2.44. The summed E-state index contributed by atoms with van der Waals surface area (Å²) >= 11 is 0. The van der Waals surface area contributed by atoms with Crippen LogP contribution in [0.3, 0.4) is 0 Å². The third-order valence-corrected chi connectivity index (χ3v) is 2.44. The summed E-state index contributed by atoms with van der Waals surface area (Å²) in [4.78, 5) is 33.2. The van der Waals surface area contributed by atoms with Gasteiger partial charge in [0, 0.05) is 20.8 Å². The van der Waals surface area contributed by atoms with Crippen molar-refractivity contribution in [1.29, 1.82) is 0 Å². The van der Waals surface area contributed by atoms with E-state index in [0.717, 1.165) is 6.92 Å². The largest absolute Gasteiger partial charge is 0.456 e. The number of nitrogens with one attached hydrogen (secondary N) is 1. The summed E-state index contributed by atoms with van der Waals surface area (Å²) in [6.07, 6.45) is -3.61. The van der Waals surface area contributed by atoms with Gasteiger partial charge in [-0.3, -0.25) is 14.4 Å². The first-order valence-corrected chi connectivity index (χ1v) is 5.72. The molecule has 0 spiro atoms. The number of esters is 2. The quantitative estimate of drug-likeness (QED) is 0.616. The van der Waals surface area contributed by atoms with Gasteiger partial charge in [0.1, 0.15) is 0 Å². The maximum atomic E-state index is 11.1. The van der Waals surface area contributed by atoms with Crippen LogP contribution in [-0.4, -0.2) is 54.1 Å². The van der Waals surface area contributed by atoms with Crippen LogP contribution in [0.15, 0.2) is 0 Å². The predicted octanol–water partition coefficient (Wildman–Crippen LogP) is -1.30. The van der Waals surface area contributed by atoms with Crippen molar-refractivity contribution in [2.45, 2.75) is 45.3 Å². The Morgan fingerprint density at radius 1 is 1.11 bits per heavy atom. The summed E-state index contributed by atoms with van der Waals surface area (Å²) < 4.78 is 14.9. The SMILES string of the molecule is CC(=O)N[C@@H]1CO[C@H](O)[C@H](OC(C)=O)[C@@H]1OC(C)=O. The van der Waals surface area contributed by atoms with Crippen molar-refractivity contribution in [1.82, 2.24) is 5.32 Å². The molecule has 0 saturated carbocycles. The smallest absolute Gasteiger partial charge is 0.303 e. The van der Waals surface area contributed by atoms with Crippen LogP contribution in [0.2, 0.25) is 0 Å². The number of aliphatic hydroxyl groups excluding tert-OH is 1. The molecule has 0 unspecified atom stereocenters. The molecule has 8 heteroatoms. The lowest BCUT2D eigenvalue weighted by molar-refractivity contribution is -0.245. The van der Waals surface area contributed by atoms with Crippen LogP contribution in [0.4, 0.5) is 0 Å². The Kier molecular flexibility index (Phi) is 5.25. The first-order valence-electron chi connectivity index (χ1n) is 5.72. The van der Waals surface area contributed by atoms with E-state index in [-0.39, 0.29) is 12.5 Å². The third kappa shape index (κ3) is 4.49. The number of carbonyl (C=O) groups is 3. The lowest BCUT2D eigenvalue weighted by atomic mass is 10.0. The molecule has 0 aromatic carbocycles. The minimum Gasteiger partial charge on any atom is -0.456 e.